The molecule has 0 bridgehead atoms. The first-order valence-corrected chi connectivity index (χ1v) is 8.72. The molecule has 2 N–H and O–H groups in total. The monoisotopic (exact) mass is 377 g/mol. The van der Waals surface area contributed by atoms with E-state index in [4.69, 9.17) is 5.11 Å². The van der Waals surface area contributed by atoms with Crippen LogP contribution in [0, 0.1) is 0 Å². The van der Waals surface area contributed by atoms with Gasteiger partial charge in [0.15, 0.2) is 0 Å². The molecule has 28 heavy (non-hydrogen) atoms. The van der Waals surface area contributed by atoms with Crippen molar-refractivity contribution in [1.29, 1.82) is 0 Å². The van der Waals surface area contributed by atoms with Crippen LogP contribution in [0.5, 0.6) is 0 Å². The minimum absolute atomic E-state index is 0.0434. The normalized spacial score (nSPS) is 11.6. The van der Waals surface area contributed by atoms with E-state index < -0.39 is 17.9 Å². The van der Waals surface area contributed by atoms with E-state index in [1.165, 1.54) is 16.8 Å². The average molecular weight is 377 g/mol. The molecule has 1 atom stereocenters. The van der Waals surface area contributed by atoms with Crippen molar-refractivity contribution in [1.82, 2.24) is 15.1 Å². The Morgan fingerprint density at radius 3 is 2.25 bits per heavy atom. The van der Waals surface area contributed by atoms with E-state index in [0.29, 0.717) is 5.56 Å². The fourth-order valence-corrected chi connectivity index (χ4v) is 2.78. The number of carbonyl (C=O) groups is 2. The van der Waals surface area contributed by atoms with E-state index in [-0.39, 0.29) is 24.2 Å². The first kappa shape index (κ1) is 19.0. The molecule has 0 aliphatic heterocycles. The Kier molecular flexibility index (Phi) is 5.96. The number of carboxylic acids is 1. The largest absolute Gasteiger partial charge is 0.481 e. The summed E-state index contributed by atoms with van der Waals surface area (Å²) in [6, 6.07) is 20.1. The predicted octanol–water partition coefficient (Wildman–Crippen LogP) is 2.24. The van der Waals surface area contributed by atoms with Gasteiger partial charge in [-0.2, -0.15) is 5.10 Å². The SMILES string of the molecule is O=C(O)C[C@H](NC(=O)c1ccc(=O)n(Cc2ccccc2)n1)c1ccccc1. The molecule has 0 aliphatic rings. The molecule has 7 nitrogen and oxygen atoms in total. The van der Waals surface area contributed by atoms with Crippen LogP contribution in [0.25, 0.3) is 0 Å². The molecule has 0 spiro atoms. The van der Waals surface area contributed by atoms with Crippen LogP contribution in [0.2, 0.25) is 0 Å². The number of benzene rings is 2. The van der Waals surface area contributed by atoms with E-state index in [9.17, 15) is 14.4 Å². The van der Waals surface area contributed by atoms with Crippen LogP contribution in [0.1, 0.15) is 34.1 Å². The van der Waals surface area contributed by atoms with Gasteiger partial charge in [-0.1, -0.05) is 60.7 Å². The molecule has 0 saturated heterocycles. The van der Waals surface area contributed by atoms with Gasteiger partial charge in [-0.25, -0.2) is 4.68 Å². The molecule has 0 fully saturated rings. The summed E-state index contributed by atoms with van der Waals surface area (Å²) in [6.45, 7) is 0.234. The number of hydrogen-bond donors (Lipinski definition) is 2. The van der Waals surface area contributed by atoms with Crippen molar-refractivity contribution in [2.24, 2.45) is 0 Å². The maximum Gasteiger partial charge on any atom is 0.305 e. The number of rotatable bonds is 7. The lowest BCUT2D eigenvalue weighted by Crippen LogP contribution is -2.33. The highest BCUT2D eigenvalue weighted by molar-refractivity contribution is 5.92. The molecular weight excluding hydrogens is 358 g/mol. The second-order valence-electron chi connectivity index (χ2n) is 6.23. The number of carbonyl (C=O) groups excluding carboxylic acids is 1. The molecule has 0 unspecified atom stereocenters. The lowest BCUT2D eigenvalue weighted by Gasteiger charge is -2.17. The number of hydrogen-bond acceptors (Lipinski definition) is 4. The Hall–Kier alpha value is -3.74. The predicted molar refractivity (Wildman–Crippen MR) is 103 cm³/mol. The van der Waals surface area contributed by atoms with Crippen molar-refractivity contribution in [3.8, 4) is 0 Å². The number of carboxylic acid groups (broad SMARTS) is 1. The maximum atomic E-state index is 12.6. The van der Waals surface area contributed by atoms with Crippen LogP contribution in [-0.4, -0.2) is 26.8 Å². The van der Waals surface area contributed by atoms with Crippen molar-refractivity contribution < 1.29 is 14.7 Å². The summed E-state index contributed by atoms with van der Waals surface area (Å²) >= 11 is 0. The van der Waals surface area contributed by atoms with E-state index in [0.717, 1.165) is 5.56 Å². The van der Waals surface area contributed by atoms with Gasteiger partial charge in [0, 0.05) is 6.07 Å². The van der Waals surface area contributed by atoms with Crippen LogP contribution in [-0.2, 0) is 11.3 Å². The molecule has 0 aliphatic carbocycles. The van der Waals surface area contributed by atoms with Crippen LogP contribution in [0.15, 0.2) is 77.6 Å². The number of nitrogens with one attached hydrogen (secondary N) is 1. The highest BCUT2D eigenvalue weighted by Crippen LogP contribution is 2.17. The Morgan fingerprint density at radius 2 is 1.61 bits per heavy atom. The fourth-order valence-electron chi connectivity index (χ4n) is 2.78. The Bertz CT molecular complexity index is 1020. The van der Waals surface area contributed by atoms with E-state index >= 15 is 0 Å². The lowest BCUT2D eigenvalue weighted by atomic mass is 10.0. The number of nitrogens with zero attached hydrogens (tertiary/aromatic N) is 2. The molecule has 1 amide bonds. The van der Waals surface area contributed by atoms with Gasteiger partial charge in [-0.15, -0.1) is 0 Å². The van der Waals surface area contributed by atoms with Gasteiger partial charge in [0.25, 0.3) is 11.5 Å². The Balaban J connectivity index is 1.82. The zero-order valence-corrected chi connectivity index (χ0v) is 15.0. The summed E-state index contributed by atoms with van der Waals surface area (Å²) in [7, 11) is 0. The highest BCUT2D eigenvalue weighted by atomic mass is 16.4. The quantitative estimate of drug-likeness (QED) is 0.658. The van der Waals surface area contributed by atoms with Crippen LogP contribution in [0.4, 0.5) is 0 Å². The highest BCUT2D eigenvalue weighted by Gasteiger charge is 2.20. The molecule has 7 heteroatoms. The summed E-state index contributed by atoms with van der Waals surface area (Å²) in [5, 5.41) is 16.0. The molecule has 2 aromatic carbocycles. The smallest absolute Gasteiger partial charge is 0.305 e. The summed E-state index contributed by atoms with van der Waals surface area (Å²) in [5.41, 5.74) is 1.27. The van der Waals surface area contributed by atoms with Crippen LogP contribution < -0.4 is 10.9 Å². The molecule has 142 valence electrons. The number of aromatic nitrogens is 2. The minimum Gasteiger partial charge on any atom is -0.481 e. The van der Waals surface area contributed by atoms with Gasteiger partial charge in [-0.05, 0) is 17.2 Å². The first-order chi connectivity index (χ1) is 13.5. The van der Waals surface area contributed by atoms with Crippen molar-refractivity contribution in [2.45, 2.75) is 19.0 Å². The summed E-state index contributed by atoms with van der Waals surface area (Å²) < 4.78 is 1.21. The molecule has 0 radical (unpaired) electrons. The van der Waals surface area contributed by atoms with Gasteiger partial charge in [0.05, 0.1) is 19.0 Å². The van der Waals surface area contributed by atoms with Crippen LogP contribution in [0.3, 0.4) is 0 Å². The zero-order chi connectivity index (χ0) is 19.9. The summed E-state index contributed by atoms with van der Waals surface area (Å²) in [6.07, 6.45) is -0.264. The van der Waals surface area contributed by atoms with Crippen LogP contribution >= 0.6 is 0 Å². The second-order valence-corrected chi connectivity index (χ2v) is 6.23. The number of amides is 1. The standard InChI is InChI=1S/C21H19N3O4/c25-19-12-11-17(23-24(19)14-15-7-3-1-4-8-15)21(28)22-18(13-20(26)27)16-9-5-2-6-10-16/h1-12,18H,13-14H2,(H,22,28)(H,26,27)/t18-/m0/s1. The number of aliphatic carboxylic acids is 1. The lowest BCUT2D eigenvalue weighted by molar-refractivity contribution is -0.137. The second kappa shape index (κ2) is 8.77. The van der Waals surface area contributed by atoms with Gasteiger partial charge in [-0.3, -0.25) is 14.4 Å². The van der Waals surface area contributed by atoms with E-state index in [1.807, 2.05) is 36.4 Å². The van der Waals surface area contributed by atoms with Gasteiger partial charge in [0.2, 0.25) is 0 Å². The van der Waals surface area contributed by atoms with Gasteiger partial charge < -0.3 is 10.4 Å². The molecule has 1 heterocycles. The summed E-state index contributed by atoms with van der Waals surface area (Å²) in [4.78, 5) is 35.9. The van der Waals surface area contributed by atoms with Gasteiger partial charge >= 0.3 is 5.97 Å². The minimum atomic E-state index is -1.03. The maximum absolute atomic E-state index is 12.6. The molecule has 3 rings (SSSR count). The van der Waals surface area contributed by atoms with Crippen molar-refractivity contribution >= 4 is 11.9 Å². The molecule has 3 aromatic rings. The Morgan fingerprint density at radius 1 is 0.964 bits per heavy atom. The third kappa shape index (κ3) is 4.91. The van der Waals surface area contributed by atoms with Gasteiger partial charge in [0.1, 0.15) is 5.69 Å². The molecular formula is C21H19N3O4. The first-order valence-electron chi connectivity index (χ1n) is 8.72. The van der Waals surface area contributed by atoms with Crippen molar-refractivity contribution in [3.05, 3.63) is 100.0 Å². The van der Waals surface area contributed by atoms with E-state index in [1.54, 1.807) is 24.3 Å². The summed E-state index contributed by atoms with van der Waals surface area (Å²) in [5.74, 6) is -1.58. The van der Waals surface area contributed by atoms with Crippen molar-refractivity contribution in [2.75, 3.05) is 0 Å². The molecule has 0 saturated carbocycles. The third-order valence-corrected chi connectivity index (χ3v) is 4.16. The fraction of sp³-hybridized carbons (Fsp3) is 0.143. The third-order valence-electron chi connectivity index (χ3n) is 4.16. The topological polar surface area (TPSA) is 101 Å². The molecule has 1 aromatic heterocycles. The Labute approximate surface area is 161 Å². The zero-order valence-electron chi connectivity index (χ0n) is 15.0. The average Bonchev–Trinajstić information content (AvgIpc) is 2.70. The van der Waals surface area contributed by atoms with Crippen molar-refractivity contribution in [3.63, 3.8) is 0 Å². The van der Waals surface area contributed by atoms with E-state index in [2.05, 4.69) is 10.4 Å².